The van der Waals surface area contributed by atoms with Gasteiger partial charge in [-0.3, -0.25) is 4.79 Å². The van der Waals surface area contributed by atoms with Crippen LogP contribution < -0.4 is 0 Å². The average molecular weight is 399 g/mol. The highest BCUT2D eigenvalue weighted by molar-refractivity contribution is 5.99. The zero-order valence-corrected chi connectivity index (χ0v) is 16.9. The van der Waals surface area contributed by atoms with Gasteiger partial charge in [0, 0.05) is 18.5 Å². The highest BCUT2D eigenvalue weighted by Gasteiger charge is 2.30. The molecule has 0 bridgehead atoms. The molecule has 0 heterocycles. The second-order valence-electron chi connectivity index (χ2n) is 7.20. The SMILES string of the molecule is C/C(=C\c1ccccc1)C(=O)N(Cc1ccccc1)C(Cc1ccccc1)C(=O)O. The summed E-state index contributed by atoms with van der Waals surface area (Å²) in [5.41, 5.74) is 3.16. The molecule has 3 aromatic carbocycles. The van der Waals surface area contributed by atoms with Gasteiger partial charge in [-0.05, 0) is 29.7 Å². The van der Waals surface area contributed by atoms with Crippen LogP contribution in [0.25, 0.3) is 6.08 Å². The first-order valence-corrected chi connectivity index (χ1v) is 9.89. The first-order valence-electron chi connectivity index (χ1n) is 9.89. The largest absolute Gasteiger partial charge is 0.480 e. The topological polar surface area (TPSA) is 57.6 Å². The summed E-state index contributed by atoms with van der Waals surface area (Å²) >= 11 is 0. The van der Waals surface area contributed by atoms with E-state index in [0.29, 0.717) is 5.57 Å². The molecule has 0 spiro atoms. The molecule has 4 heteroatoms. The molecular formula is C26H25NO3. The molecule has 1 amide bonds. The van der Waals surface area contributed by atoms with Crippen molar-refractivity contribution < 1.29 is 14.7 Å². The number of hydrogen-bond acceptors (Lipinski definition) is 2. The van der Waals surface area contributed by atoms with Gasteiger partial charge in [0.25, 0.3) is 5.91 Å². The van der Waals surface area contributed by atoms with Crippen LogP contribution in [0.15, 0.2) is 96.6 Å². The molecule has 1 unspecified atom stereocenters. The van der Waals surface area contributed by atoms with E-state index in [1.807, 2.05) is 91.0 Å². The molecule has 0 aromatic heterocycles. The van der Waals surface area contributed by atoms with Crippen LogP contribution in [0.4, 0.5) is 0 Å². The van der Waals surface area contributed by atoms with E-state index >= 15 is 0 Å². The quantitative estimate of drug-likeness (QED) is 0.553. The van der Waals surface area contributed by atoms with Crippen LogP contribution in [0, 0.1) is 0 Å². The maximum atomic E-state index is 13.4. The fourth-order valence-corrected chi connectivity index (χ4v) is 3.36. The minimum atomic E-state index is -1.02. The predicted octanol–water partition coefficient (Wildman–Crippen LogP) is 4.81. The van der Waals surface area contributed by atoms with Gasteiger partial charge in [-0.15, -0.1) is 0 Å². The molecule has 0 radical (unpaired) electrons. The Labute approximate surface area is 177 Å². The molecule has 152 valence electrons. The van der Waals surface area contributed by atoms with Crippen molar-refractivity contribution in [1.82, 2.24) is 4.90 Å². The summed E-state index contributed by atoms with van der Waals surface area (Å²) in [7, 11) is 0. The summed E-state index contributed by atoms with van der Waals surface area (Å²) in [5, 5.41) is 9.99. The van der Waals surface area contributed by atoms with E-state index in [0.717, 1.165) is 16.7 Å². The average Bonchev–Trinajstić information content (AvgIpc) is 2.77. The molecule has 0 saturated carbocycles. The van der Waals surface area contributed by atoms with Crippen LogP contribution in [-0.2, 0) is 22.6 Å². The Bertz CT molecular complexity index is 998. The van der Waals surface area contributed by atoms with Crippen LogP contribution in [0.5, 0.6) is 0 Å². The van der Waals surface area contributed by atoms with Gasteiger partial charge in [0.2, 0.25) is 0 Å². The molecule has 0 saturated heterocycles. The number of carboxylic acids is 1. The number of rotatable bonds is 8. The van der Waals surface area contributed by atoms with Gasteiger partial charge in [0.15, 0.2) is 0 Å². The molecular weight excluding hydrogens is 374 g/mol. The summed E-state index contributed by atoms with van der Waals surface area (Å²) in [6.07, 6.45) is 2.04. The third-order valence-electron chi connectivity index (χ3n) is 4.91. The molecule has 1 atom stereocenters. The van der Waals surface area contributed by atoms with E-state index in [1.54, 1.807) is 13.0 Å². The molecule has 4 nitrogen and oxygen atoms in total. The Morgan fingerprint density at radius 2 is 1.33 bits per heavy atom. The van der Waals surface area contributed by atoms with Gasteiger partial charge in [0.05, 0.1) is 0 Å². The van der Waals surface area contributed by atoms with Crippen LogP contribution in [0.2, 0.25) is 0 Å². The number of carbonyl (C=O) groups excluding carboxylic acids is 1. The van der Waals surface area contributed by atoms with Crippen molar-refractivity contribution in [2.45, 2.75) is 25.9 Å². The Morgan fingerprint density at radius 3 is 1.87 bits per heavy atom. The first-order chi connectivity index (χ1) is 14.5. The zero-order chi connectivity index (χ0) is 21.3. The lowest BCUT2D eigenvalue weighted by atomic mass is 10.0. The van der Waals surface area contributed by atoms with Crippen molar-refractivity contribution in [2.24, 2.45) is 0 Å². The van der Waals surface area contributed by atoms with Crippen molar-refractivity contribution in [3.05, 3.63) is 113 Å². The Kier molecular flexibility index (Phi) is 7.17. The van der Waals surface area contributed by atoms with Crippen molar-refractivity contribution in [3.63, 3.8) is 0 Å². The van der Waals surface area contributed by atoms with Gasteiger partial charge in [-0.2, -0.15) is 0 Å². The van der Waals surface area contributed by atoms with Crippen molar-refractivity contribution in [2.75, 3.05) is 0 Å². The smallest absolute Gasteiger partial charge is 0.326 e. The van der Waals surface area contributed by atoms with Gasteiger partial charge in [-0.25, -0.2) is 4.79 Å². The lowest BCUT2D eigenvalue weighted by Crippen LogP contribution is -2.46. The van der Waals surface area contributed by atoms with E-state index in [4.69, 9.17) is 0 Å². The van der Waals surface area contributed by atoms with Gasteiger partial charge in [-0.1, -0.05) is 91.0 Å². The second-order valence-corrected chi connectivity index (χ2v) is 7.20. The Hall–Kier alpha value is -3.66. The van der Waals surface area contributed by atoms with Crippen molar-refractivity contribution >= 4 is 18.0 Å². The van der Waals surface area contributed by atoms with E-state index in [9.17, 15) is 14.7 Å². The summed E-state index contributed by atoms with van der Waals surface area (Å²) in [6.45, 7) is 1.96. The van der Waals surface area contributed by atoms with Crippen LogP contribution in [-0.4, -0.2) is 27.9 Å². The number of amides is 1. The van der Waals surface area contributed by atoms with Crippen LogP contribution >= 0.6 is 0 Å². The van der Waals surface area contributed by atoms with Crippen LogP contribution in [0.3, 0.4) is 0 Å². The number of carboxylic acid groups (broad SMARTS) is 1. The monoisotopic (exact) mass is 399 g/mol. The molecule has 3 aromatic rings. The molecule has 0 fully saturated rings. The number of benzene rings is 3. The lowest BCUT2D eigenvalue weighted by Gasteiger charge is -2.30. The molecule has 30 heavy (non-hydrogen) atoms. The van der Waals surface area contributed by atoms with E-state index in [1.165, 1.54) is 4.90 Å². The zero-order valence-electron chi connectivity index (χ0n) is 16.9. The maximum Gasteiger partial charge on any atom is 0.326 e. The molecule has 3 rings (SSSR count). The number of hydrogen-bond donors (Lipinski definition) is 1. The summed E-state index contributed by atoms with van der Waals surface area (Å²) in [4.78, 5) is 27.0. The number of carbonyl (C=O) groups is 2. The fourth-order valence-electron chi connectivity index (χ4n) is 3.36. The van der Waals surface area contributed by atoms with E-state index in [-0.39, 0.29) is 18.9 Å². The van der Waals surface area contributed by atoms with Crippen molar-refractivity contribution in [3.8, 4) is 0 Å². The number of nitrogens with zero attached hydrogens (tertiary/aromatic N) is 1. The van der Waals surface area contributed by atoms with Crippen molar-refractivity contribution in [1.29, 1.82) is 0 Å². The van der Waals surface area contributed by atoms with Gasteiger partial charge < -0.3 is 10.0 Å². The number of aliphatic carboxylic acids is 1. The third-order valence-corrected chi connectivity index (χ3v) is 4.91. The van der Waals surface area contributed by atoms with E-state index < -0.39 is 12.0 Å². The Balaban J connectivity index is 1.94. The summed E-state index contributed by atoms with van der Waals surface area (Å²) in [5.74, 6) is -1.30. The molecule has 0 aliphatic carbocycles. The molecule has 0 aliphatic rings. The van der Waals surface area contributed by atoms with Gasteiger partial charge in [0.1, 0.15) is 6.04 Å². The standard InChI is InChI=1S/C26H25NO3/c1-20(17-21-11-5-2-6-12-21)25(28)27(19-23-15-9-4-10-16-23)24(26(29)30)18-22-13-7-3-8-14-22/h2-17,24H,18-19H2,1H3,(H,29,30)/b20-17+. The minimum absolute atomic E-state index is 0.226. The highest BCUT2D eigenvalue weighted by Crippen LogP contribution is 2.18. The summed E-state index contributed by atoms with van der Waals surface area (Å²) in [6, 6.07) is 27.4. The highest BCUT2D eigenvalue weighted by atomic mass is 16.4. The molecule has 0 aliphatic heterocycles. The lowest BCUT2D eigenvalue weighted by molar-refractivity contribution is -0.149. The fraction of sp³-hybridized carbons (Fsp3) is 0.154. The third kappa shape index (κ3) is 5.67. The predicted molar refractivity (Wildman–Crippen MR) is 119 cm³/mol. The second kappa shape index (κ2) is 10.2. The van der Waals surface area contributed by atoms with Gasteiger partial charge >= 0.3 is 5.97 Å². The molecule has 1 N–H and O–H groups in total. The maximum absolute atomic E-state index is 13.4. The first kappa shape index (κ1) is 21.1. The Morgan fingerprint density at radius 1 is 0.833 bits per heavy atom. The van der Waals surface area contributed by atoms with E-state index in [2.05, 4.69) is 0 Å². The summed E-state index contributed by atoms with van der Waals surface area (Å²) < 4.78 is 0. The minimum Gasteiger partial charge on any atom is -0.480 e. The van der Waals surface area contributed by atoms with Crippen LogP contribution in [0.1, 0.15) is 23.6 Å². The normalized spacial score (nSPS) is 12.2.